The molecule has 2 aromatic rings. The minimum atomic E-state index is -0.675. The molecule has 0 N–H and O–H groups in total. The maximum Gasteiger partial charge on any atom is 0.280 e. The molecule has 0 radical (unpaired) electrons. The number of benzene rings is 2. The summed E-state index contributed by atoms with van der Waals surface area (Å²) in [7, 11) is 1.44. The fourth-order valence-electron chi connectivity index (χ4n) is 1.82. The first kappa shape index (κ1) is 13.7. The van der Waals surface area contributed by atoms with E-state index in [4.69, 9.17) is 4.74 Å². The van der Waals surface area contributed by atoms with E-state index in [-0.39, 0.29) is 16.8 Å². The first-order chi connectivity index (χ1) is 9.56. The van der Waals surface area contributed by atoms with Gasteiger partial charge in [-0.3, -0.25) is 14.9 Å². The molecule has 0 spiro atoms. The highest BCUT2D eigenvalue weighted by Gasteiger charge is 2.16. The van der Waals surface area contributed by atoms with Gasteiger partial charge >= 0.3 is 0 Å². The van der Waals surface area contributed by atoms with Crippen LogP contribution in [0, 0.1) is 15.9 Å². The smallest absolute Gasteiger partial charge is 0.280 e. The van der Waals surface area contributed by atoms with E-state index < -0.39 is 10.7 Å². The number of hydrogen-bond acceptors (Lipinski definition) is 4. The molecule has 0 fully saturated rings. The lowest BCUT2D eigenvalue weighted by molar-refractivity contribution is -0.385. The monoisotopic (exact) mass is 275 g/mol. The standard InChI is InChI=1S/C14H10FNO4/c1-20-11-4-5-13(15)12(7-11)9-2-3-10(8-17)14(6-9)16(18)19/h2-8H,1H3. The van der Waals surface area contributed by atoms with Crippen molar-refractivity contribution in [1.82, 2.24) is 0 Å². The molecule has 0 aliphatic rings. The molecule has 20 heavy (non-hydrogen) atoms. The number of nitro groups is 1. The Labute approximate surface area is 113 Å². The van der Waals surface area contributed by atoms with Gasteiger partial charge in [-0.2, -0.15) is 0 Å². The molecule has 102 valence electrons. The number of aldehydes is 1. The van der Waals surface area contributed by atoms with Gasteiger partial charge < -0.3 is 4.74 Å². The SMILES string of the molecule is COc1ccc(F)c(-c2ccc(C=O)c([N+](=O)[O-])c2)c1. The molecule has 2 rings (SSSR count). The second-order valence-corrected chi connectivity index (χ2v) is 3.99. The van der Waals surface area contributed by atoms with Crippen LogP contribution in [0.2, 0.25) is 0 Å². The Balaban J connectivity index is 2.61. The van der Waals surface area contributed by atoms with Crippen LogP contribution < -0.4 is 4.74 Å². The third-order valence-electron chi connectivity index (χ3n) is 2.84. The van der Waals surface area contributed by atoms with E-state index in [9.17, 15) is 19.3 Å². The maximum absolute atomic E-state index is 13.8. The van der Waals surface area contributed by atoms with Gasteiger partial charge in [-0.25, -0.2) is 4.39 Å². The van der Waals surface area contributed by atoms with E-state index >= 15 is 0 Å². The van der Waals surface area contributed by atoms with E-state index in [1.54, 1.807) is 0 Å². The van der Waals surface area contributed by atoms with E-state index in [0.717, 1.165) is 0 Å². The van der Waals surface area contributed by atoms with Crippen LogP contribution in [0.3, 0.4) is 0 Å². The molecule has 0 aliphatic carbocycles. The molecule has 0 aromatic heterocycles. The van der Waals surface area contributed by atoms with Crippen LogP contribution in [-0.2, 0) is 0 Å². The van der Waals surface area contributed by atoms with Crippen LogP contribution >= 0.6 is 0 Å². The molecular formula is C14H10FNO4. The number of nitrogens with zero attached hydrogens (tertiary/aromatic N) is 1. The number of rotatable bonds is 4. The van der Waals surface area contributed by atoms with E-state index in [1.807, 2.05) is 0 Å². The molecule has 0 bridgehead atoms. The van der Waals surface area contributed by atoms with Crippen LogP contribution in [-0.4, -0.2) is 18.3 Å². The Morgan fingerprint density at radius 2 is 2.00 bits per heavy atom. The highest BCUT2D eigenvalue weighted by Crippen LogP contribution is 2.30. The first-order valence-corrected chi connectivity index (χ1v) is 5.64. The molecule has 0 saturated carbocycles. The summed E-state index contributed by atoms with van der Waals surface area (Å²) in [6, 6.07) is 8.02. The summed E-state index contributed by atoms with van der Waals surface area (Å²) in [6.45, 7) is 0. The van der Waals surface area contributed by atoms with E-state index in [0.29, 0.717) is 17.6 Å². The van der Waals surface area contributed by atoms with Gasteiger partial charge in [0.25, 0.3) is 5.69 Å². The van der Waals surface area contributed by atoms with Crippen LogP contribution in [0.4, 0.5) is 10.1 Å². The highest BCUT2D eigenvalue weighted by atomic mass is 19.1. The number of nitro benzene ring substituents is 1. The van der Waals surface area contributed by atoms with Crippen molar-refractivity contribution in [3.8, 4) is 16.9 Å². The summed E-state index contributed by atoms with van der Waals surface area (Å²) in [5.41, 5.74) is 0.0605. The summed E-state index contributed by atoms with van der Waals surface area (Å²) < 4.78 is 18.8. The molecule has 0 atom stereocenters. The Kier molecular flexibility index (Phi) is 3.74. The van der Waals surface area contributed by atoms with Gasteiger partial charge in [0.1, 0.15) is 11.6 Å². The molecule has 0 amide bonds. The number of methoxy groups -OCH3 is 1. The number of carbonyl (C=O) groups is 1. The highest BCUT2D eigenvalue weighted by molar-refractivity contribution is 5.84. The summed E-state index contributed by atoms with van der Waals surface area (Å²) in [5.74, 6) is -0.0949. The minimum Gasteiger partial charge on any atom is -0.497 e. The summed E-state index contributed by atoms with van der Waals surface area (Å²) in [4.78, 5) is 21.0. The van der Waals surface area contributed by atoms with Crippen molar-refractivity contribution < 1.29 is 18.8 Å². The van der Waals surface area contributed by atoms with Crippen molar-refractivity contribution in [2.75, 3.05) is 7.11 Å². The predicted molar refractivity (Wildman–Crippen MR) is 70.4 cm³/mol. The van der Waals surface area contributed by atoms with Gasteiger partial charge in [-0.15, -0.1) is 0 Å². The van der Waals surface area contributed by atoms with E-state index in [1.165, 1.54) is 43.5 Å². The third-order valence-corrected chi connectivity index (χ3v) is 2.84. The zero-order chi connectivity index (χ0) is 14.7. The quantitative estimate of drug-likeness (QED) is 0.488. The molecule has 5 nitrogen and oxygen atoms in total. The zero-order valence-corrected chi connectivity index (χ0v) is 10.5. The van der Waals surface area contributed by atoms with Crippen molar-refractivity contribution in [3.05, 3.63) is 57.9 Å². The lowest BCUT2D eigenvalue weighted by Crippen LogP contribution is -1.96. The van der Waals surface area contributed by atoms with Gasteiger partial charge in [0.2, 0.25) is 0 Å². The molecule has 0 heterocycles. The summed E-state index contributed by atoms with van der Waals surface area (Å²) in [5, 5.41) is 10.9. The Hall–Kier alpha value is -2.76. The first-order valence-electron chi connectivity index (χ1n) is 5.64. The molecule has 2 aromatic carbocycles. The fraction of sp³-hybridized carbons (Fsp3) is 0.0714. The van der Waals surface area contributed by atoms with E-state index in [2.05, 4.69) is 0 Å². The summed E-state index contributed by atoms with van der Waals surface area (Å²) >= 11 is 0. The number of hydrogen-bond donors (Lipinski definition) is 0. The van der Waals surface area contributed by atoms with Crippen molar-refractivity contribution >= 4 is 12.0 Å². The zero-order valence-electron chi connectivity index (χ0n) is 10.5. The normalized spacial score (nSPS) is 10.1. The number of halogens is 1. The lowest BCUT2D eigenvalue weighted by Gasteiger charge is -2.07. The molecule has 0 unspecified atom stereocenters. The topological polar surface area (TPSA) is 69.4 Å². The second kappa shape index (κ2) is 5.48. The largest absolute Gasteiger partial charge is 0.497 e. The van der Waals surface area contributed by atoms with Crippen molar-refractivity contribution in [1.29, 1.82) is 0 Å². The van der Waals surface area contributed by atoms with Crippen LogP contribution in [0.25, 0.3) is 11.1 Å². The van der Waals surface area contributed by atoms with Gasteiger partial charge in [-0.1, -0.05) is 6.07 Å². The molecule has 0 aliphatic heterocycles. The predicted octanol–water partition coefficient (Wildman–Crippen LogP) is 3.22. The van der Waals surface area contributed by atoms with Gasteiger partial charge in [0, 0.05) is 11.6 Å². The third kappa shape index (κ3) is 2.49. The molecule has 0 saturated heterocycles. The fourth-order valence-corrected chi connectivity index (χ4v) is 1.82. The van der Waals surface area contributed by atoms with Gasteiger partial charge in [0.15, 0.2) is 6.29 Å². The minimum absolute atomic E-state index is 0.0537. The van der Waals surface area contributed by atoms with Crippen LogP contribution in [0.5, 0.6) is 5.75 Å². The van der Waals surface area contributed by atoms with Crippen molar-refractivity contribution in [2.45, 2.75) is 0 Å². The second-order valence-electron chi connectivity index (χ2n) is 3.99. The lowest BCUT2D eigenvalue weighted by atomic mass is 10.0. The van der Waals surface area contributed by atoms with Gasteiger partial charge in [-0.05, 0) is 29.8 Å². The van der Waals surface area contributed by atoms with Crippen LogP contribution in [0.15, 0.2) is 36.4 Å². The van der Waals surface area contributed by atoms with Gasteiger partial charge in [0.05, 0.1) is 17.6 Å². The summed E-state index contributed by atoms with van der Waals surface area (Å²) in [6.07, 6.45) is 0.393. The Morgan fingerprint density at radius 3 is 2.60 bits per heavy atom. The number of carbonyl (C=O) groups excluding carboxylic acids is 1. The molecule has 6 heteroatoms. The van der Waals surface area contributed by atoms with Crippen molar-refractivity contribution in [3.63, 3.8) is 0 Å². The molecular weight excluding hydrogens is 265 g/mol. The average molecular weight is 275 g/mol. The van der Waals surface area contributed by atoms with Crippen molar-refractivity contribution in [2.24, 2.45) is 0 Å². The average Bonchev–Trinajstić information content (AvgIpc) is 2.47. The Morgan fingerprint density at radius 1 is 1.25 bits per heavy atom. The van der Waals surface area contributed by atoms with Crippen LogP contribution in [0.1, 0.15) is 10.4 Å². The number of ether oxygens (including phenoxy) is 1. The maximum atomic E-state index is 13.8. The Bertz CT molecular complexity index is 685.